The van der Waals surface area contributed by atoms with Crippen LogP contribution in [0.1, 0.15) is 34.8 Å². The molecule has 0 fully saturated rings. The fourth-order valence-electron chi connectivity index (χ4n) is 1.27. The van der Waals surface area contributed by atoms with E-state index in [9.17, 15) is 18.0 Å². The highest BCUT2D eigenvalue weighted by atomic mass is 19.3. The molecule has 0 heterocycles. The van der Waals surface area contributed by atoms with E-state index in [4.69, 9.17) is 0 Å². The summed E-state index contributed by atoms with van der Waals surface area (Å²) in [5.74, 6) is -1.58. The van der Waals surface area contributed by atoms with Crippen LogP contribution in [-0.2, 0) is 0 Å². The van der Waals surface area contributed by atoms with Crippen LogP contribution in [0.3, 0.4) is 0 Å². The molecule has 14 heavy (non-hydrogen) atoms. The zero-order chi connectivity index (χ0) is 10.9. The summed E-state index contributed by atoms with van der Waals surface area (Å²) in [5, 5.41) is 0. The molecule has 0 saturated carbocycles. The number of carbonyl (C=O) groups is 1. The molecule has 0 bridgehead atoms. The molecule has 0 spiro atoms. The van der Waals surface area contributed by atoms with Gasteiger partial charge in [-0.15, -0.1) is 0 Å². The number of aryl methyl sites for hydroxylation is 1. The number of hydrogen-bond donors (Lipinski definition) is 0. The Hall–Kier alpha value is -1.32. The number of rotatable bonds is 2. The topological polar surface area (TPSA) is 17.1 Å². The predicted molar refractivity (Wildman–Crippen MR) is 46.1 cm³/mol. The van der Waals surface area contributed by atoms with E-state index in [1.54, 1.807) is 6.92 Å². The van der Waals surface area contributed by atoms with Crippen molar-refractivity contribution >= 4 is 5.78 Å². The average Bonchev–Trinajstić information content (AvgIpc) is 2.01. The van der Waals surface area contributed by atoms with E-state index >= 15 is 0 Å². The van der Waals surface area contributed by atoms with Gasteiger partial charge in [-0.3, -0.25) is 4.79 Å². The predicted octanol–water partition coefficient (Wildman–Crippen LogP) is 3.27. The fourth-order valence-corrected chi connectivity index (χ4v) is 1.27. The Morgan fingerprint density at radius 1 is 1.36 bits per heavy atom. The van der Waals surface area contributed by atoms with Gasteiger partial charge in [0.2, 0.25) is 0 Å². The standard InChI is InChI=1S/C10H9F3O/c1-5-3-7(6(2)14)9(10(12)13)8(11)4-5/h3-4,10H,1-2H3. The first-order chi connectivity index (χ1) is 6.43. The van der Waals surface area contributed by atoms with Gasteiger partial charge in [-0.2, -0.15) is 0 Å². The average molecular weight is 202 g/mol. The highest BCUT2D eigenvalue weighted by Crippen LogP contribution is 2.27. The molecule has 0 atom stereocenters. The molecule has 0 aliphatic heterocycles. The van der Waals surface area contributed by atoms with Crippen molar-refractivity contribution in [1.82, 2.24) is 0 Å². The SMILES string of the molecule is CC(=O)c1cc(C)cc(F)c1C(F)F. The lowest BCUT2D eigenvalue weighted by molar-refractivity contribution is 0.0995. The van der Waals surface area contributed by atoms with Gasteiger partial charge < -0.3 is 0 Å². The summed E-state index contributed by atoms with van der Waals surface area (Å²) < 4.78 is 37.9. The van der Waals surface area contributed by atoms with Gasteiger partial charge >= 0.3 is 0 Å². The molecule has 0 aromatic heterocycles. The summed E-state index contributed by atoms with van der Waals surface area (Å²) >= 11 is 0. The number of alkyl halides is 2. The third-order valence-electron chi connectivity index (χ3n) is 1.87. The maximum Gasteiger partial charge on any atom is 0.267 e. The first kappa shape index (κ1) is 10.8. The van der Waals surface area contributed by atoms with E-state index in [-0.39, 0.29) is 5.56 Å². The largest absolute Gasteiger partial charge is 0.294 e. The van der Waals surface area contributed by atoms with Gasteiger partial charge in [0.05, 0.1) is 5.56 Å². The second kappa shape index (κ2) is 3.82. The van der Waals surface area contributed by atoms with Gasteiger partial charge in [0, 0.05) is 5.56 Å². The molecule has 0 radical (unpaired) electrons. The maximum atomic E-state index is 13.1. The number of Topliss-reactive ketones (excluding diaryl/α,β-unsaturated/α-hetero) is 1. The molecule has 1 rings (SSSR count). The first-order valence-electron chi connectivity index (χ1n) is 4.02. The minimum atomic E-state index is -2.96. The number of hydrogen-bond acceptors (Lipinski definition) is 1. The zero-order valence-electron chi connectivity index (χ0n) is 7.77. The Labute approximate surface area is 79.5 Å². The van der Waals surface area contributed by atoms with Crippen molar-refractivity contribution in [2.45, 2.75) is 20.3 Å². The second-order valence-corrected chi connectivity index (χ2v) is 3.06. The van der Waals surface area contributed by atoms with Crippen LogP contribution in [0.25, 0.3) is 0 Å². The number of carbonyl (C=O) groups excluding carboxylic acids is 1. The molecule has 1 aromatic rings. The minimum Gasteiger partial charge on any atom is -0.294 e. The van der Waals surface area contributed by atoms with Crippen LogP contribution in [-0.4, -0.2) is 5.78 Å². The summed E-state index contributed by atoms with van der Waals surface area (Å²) in [7, 11) is 0. The Bertz CT molecular complexity index is 372. The quantitative estimate of drug-likeness (QED) is 0.672. The molecular formula is C10H9F3O. The second-order valence-electron chi connectivity index (χ2n) is 3.06. The lowest BCUT2D eigenvalue weighted by atomic mass is 10.0. The molecule has 0 aliphatic rings. The highest BCUT2D eigenvalue weighted by Gasteiger charge is 2.20. The van der Waals surface area contributed by atoms with Gasteiger partial charge in [0.15, 0.2) is 5.78 Å². The van der Waals surface area contributed by atoms with E-state index in [1.807, 2.05) is 0 Å². The van der Waals surface area contributed by atoms with Crippen LogP contribution in [0, 0.1) is 12.7 Å². The van der Waals surface area contributed by atoms with E-state index in [0.717, 1.165) is 13.0 Å². The van der Waals surface area contributed by atoms with E-state index < -0.39 is 23.6 Å². The summed E-state index contributed by atoms with van der Waals surface area (Å²) in [6.45, 7) is 2.69. The lowest BCUT2D eigenvalue weighted by Crippen LogP contribution is -2.04. The van der Waals surface area contributed by atoms with Crippen molar-refractivity contribution in [1.29, 1.82) is 0 Å². The Morgan fingerprint density at radius 3 is 2.36 bits per heavy atom. The minimum absolute atomic E-state index is 0.238. The molecule has 76 valence electrons. The Balaban J connectivity index is 3.44. The summed E-state index contributed by atoms with van der Waals surface area (Å²) in [6, 6.07) is 2.26. The van der Waals surface area contributed by atoms with Crippen molar-refractivity contribution < 1.29 is 18.0 Å². The molecule has 0 aliphatic carbocycles. The number of ketones is 1. The smallest absolute Gasteiger partial charge is 0.267 e. The van der Waals surface area contributed by atoms with E-state index in [0.29, 0.717) is 5.56 Å². The van der Waals surface area contributed by atoms with E-state index in [1.165, 1.54) is 6.07 Å². The molecule has 0 unspecified atom stereocenters. The number of halogens is 3. The van der Waals surface area contributed by atoms with Gasteiger partial charge in [0.25, 0.3) is 6.43 Å². The van der Waals surface area contributed by atoms with Gasteiger partial charge in [0.1, 0.15) is 5.82 Å². The van der Waals surface area contributed by atoms with Crippen molar-refractivity contribution in [2.75, 3.05) is 0 Å². The van der Waals surface area contributed by atoms with Crippen molar-refractivity contribution in [3.05, 3.63) is 34.6 Å². The third-order valence-corrected chi connectivity index (χ3v) is 1.87. The zero-order valence-corrected chi connectivity index (χ0v) is 7.77. The van der Waals surface area contributed by atoms with Crippen LogP contribution in [0.2, 0.25) is 0 Å². The van der Waals surface area contributed by atoms with Gasteiger partial charge in [-0.05, 0) is 31.5 Å². The summed E-state index contributed by atoms with van der Waals surface area (Å²) in [6.07, 6.45) is -2.96. The summed E-state index contributed by atoms with van der Waals surface area (Å²) in [4.78, 5) is 11.0. The first-order valence-corrected chi connectivity index (χ1v) is 4.02. The molecule has 0 saturated heterocycles. The van der Waals surface area contributed by atoms with E-state index in [2.05, 4.69) is 0 Å². The fraction of sp³-hybridized carbons (Fsp3) is 0.300. The molecule has 0 N–H and O–H groups in total. The highest BCUT2D eigenvalue weighted by molar-refractivity contribution is 5.95. The number of benzene rings is 1. The third kappa shape index (κ3) is 1.95. The van der Waals surface area contributed by atoms with Crippen LogP contribution in [0.15, 0.2) is 12.1 Å². The van der Waals surface area contributed by atoms with Crippen LogP contribution in [0.5, 0.6) is 0 Å². The molecule has 4 heteroatoms. The van der Waals surface area contributed by atoms with Gasteiger partial charge in [-0.25, -0.2) is 13.2 Å². The van der Waals surface area contributed by atoms with Crippen molar-refractivity contribution in [2.24, 2.45) is 0 Å². The molecule has 1 aromatic carbocycles. The summed E-state index contributed by atoms with van der Waals surface area (Å²) in [5.41, 5.74) is -0.585. The molecule has 1 nitrogen and oxygen atoms in total. The van der Waals surface area contributed by atoms with Crippen LogP contribution >= 0.6 is 0 Å². The van der Waals surface area contributed by atoms with Crippen molar-refractivity contribution in [3.63, 3.8) is 0 Å². The van der Waals surface area contributed by atoms with Gasteiger partial charge in [-0.1, -0.05) is 0 Å². The molecular weight excluding hydrogens is 193 g/mol. The maximum absolute atomic E-state index is 13.1. The van der Waals surface area contributed by atoms with Crippen molar-refractivity contribution in [3.8, 4) is 0 Å². The Morgan fingerprint density at radius 2 is 1.93 bits per heavy atom. The van der Waals surface area contributed by atoms with Crippen LogP contribution in [0.4, 0.5) is 13.2 Å². The monoisotopic (exact) mass is 202 g/mol. The van der Waals surface area contributed by atoms with Crippen LogP contribution < -0.4 is 0 Å². The Kier molecular flexibility index (Phi) is 2.93. The molecule has 0 amide bonds. The lowest BCUT2D eigenvalue weighted by Gasteiger charge is -2.08. The normalized spacial score (nSPS) is 10.7.